The van der Waals surface area contributed by atoms with Gasteiger partial charge >= 0.3 is 5.22 Å². The number of rotatable bonds is 7. The normalized spacial score (nSPS) is 12.4. The minimum Gasteiger partial charge on any atom is -0.412 e. The van der Waals surface area contributed by atoms with Crippen LogP contribution in [0.5, 0.6) is 0 Å². The molecule has 0 aliphatic rings. The maximum Gasteiger partial charge on any atom is 0.335 e. The smallest absolute Gasteiger partial charge is 0.335 e. The van der Waals surface area contributed by atoms with Gasteiger partial charge in [-0.3, -0.25) is 0 Å². The highest BCUT2D eigenvalue weighted by molar-refractivity contribution is 7.90. The van der Waals surface area contributed by atoms with Crippen LogP contribution < -0.4 is 4.72 Å². The summed E-state index contributed by atoms with van der Waals surface area (Å²) >= 11 is 5.94. The Kier molecular flexibility index (Phi) is 5.40. The molecule has 1 N–H and O–H groups in total. The molecule has 0 fully saturated rings. The number of hydrogen-bond donors (Lipinski definition) is 1. The van der Waals surface area contributed by atoms with Crippen LogP contribution in [-0.4, -0.2) is 39.8 Å². The van der Waals surface area contributed by atoms with Crippen molar-refractivity contribution in [3.8, 4) is 0 Å². The predicted molar refractivity (Wildman–Crippen MR) is 83.2 cm³/mol. The van der Waals surface area contributed by atoms with Gasteiger partial charge in [-0.1, -0.05) is 34.9 Å². The van der Waals surface area contributed by atoms with E-state index in [9.17, 15) is 16.8 Å². The first-order valence-electron chi connectivity index (χ1n) is 6.40. The first-order chi connectivity index (χ1) is 10.7. The lowest BCUT2D eigenvalue weighted by Gasteiger charge is -2.02. The molecule has 1 heterocycles. The Balaban J connectivity index is 2.08. The van der Waals surface area contributed by atoms with E-state index in [0.29, 0.717) is 10.6 Å². The molecule has 2 rings (SSSR count). The van der Waals surface area contributed by atoms with Gasteiger partial charge < -0.3 is 4.42 Å². The quantitative estimate of drug-likeness (QED) is 0.755. The Labute approximate surface area is 138 Å². The van der Waals surface area contributed by atoms with Crippen LogP contribution in [0.25, 0.3) is 0 Å². The Morgan fingerprint density at radius 2 is 1.87 bits per heavy atom. The molecule has 11 heteroatoms. The van der Waals surface area contributed by atoms with Crippen LogP contribution >= 0.6 is 11.6 Å². The van der Waals surface area contributed by atoms with E-state index in [2.05, 4.69) is 14.9 Å². The molecule has 0 aliphatic carbocycles. The molecule has 0 amide bonds. The van der Waals surface area contributed by atoms with Crippen molar-refractivity contribution < 1.29 is 21.3 Å². The van der Waals surface area contributed by atoms with Gasteiger partial charge in [-0.25, -0.2) is 21.6 Å². The lowest BCUT2D eigenvalue weighted by molar-refractivity contribution is 0.396. The number of aromatic nitrogens is 2. The van der Waals surface area contributed by atoms with Gasteiger partial charge in [-0.2, -0.15) is 0 Å². The molecular weight excluding hydrogens is 366 g/mol. The highest BCUT2D eigenvalue weighted by Crippen LogP contribution is 2.21. The molecule has 2 aromatic rings. The molecule has 0 aliphatic heterocycles. The molecule has 0 atom stereocenters. The van der Waals surface area contributed by atoms with E-state index in [-0.39, 0.29) is 24.6 Å². The molecule has 1 aromatic heterocycles. The van der Waals surface area contributed by atoms with Crippen molar-refractivity contribution in [2.24, 2.45) is 0 Å². The summed E-state index contributed by atoms with van der Waals surface area (Å²) in [6.07, 6.45) is 1.10. The van der Waals surface area contributed by atoms with Gasteiger partial charge in [0.15, 0.2) is 0 Å². The third-order valence-electron chi connectivity index (χ3n) is 2.72. The molecule has 0 bridgehead atoms. The van der Waals surface area contributed by atoms with Crippen LogP contribution in [0.15, 0.2) is 33.9 Å². The van der Waals surface area contributed by atoms with Gasteiger partial charge in [0, 0.05) is 18.0 Å². The summed E-state index contributed by atoms with van der Waals surface area (Å²) < 4.78 is 53.7. The van der Waals surface area contributed by atoms with Crippen LogP contribution in [0, 0.1) is 0 Å². The zero-order chi connectivity index (χ0) is 17.1. The maximum absolute atomic E-state index is 12.2. The number of nitrogens with zero attached hydrogens (tertiary/aromatic N) is 2. The Hall–Kier alpha value is -1.49. The second kappa shape index (κ2) is 6.95. The molecule has 0 unspecified atom stereocenters. The summed E-state index contributed by atoms with van der Waals surface area (Å²) in [5, 5.41) is 6.91. The summed E-state index contributed by atoms with van der Waals surface area (Å²) in [5.74, 6) is -0.338. The Morgan fingerprint density at radius 1 is 1.17 bits per heavy atom. The fourth-order valence-corrected chi connectivity index (χ4v) is 3.62. The van der Waals surface area contributed by atoms with Gasteiger partial charge in [-0.05, 0) is 11.6 Å². The summed E-state index contributed by atoms with van der Waals surface area (Å²) in [7, 11) is -7.17. The molecule has 23 heavy (non-hydrogen) atoms. The topological polar surface area (TPSA) is 119 Å². The van der Waals surface area contributed by atoms with E-state index >= 15 is 0 Å². The lowest BCUT2D eigenvalue weighted by atomic mass is 10.2. The van der Waals surface area contributed by atoms with E-state index in [1.54, 1.807) is 24.3 Å². The molecule has 126 valence electrons. The van der Waals surface area contributed by atoms with Gasteiger partial charge in [0.05, 0.1) is 12.0 Å². The average Bonchev–Trinajstić information content (AvgIpc) is 2.89. The van der Waals surface area contributed by atoms with Gasteiger partial charge in [0.2, 0.25) is 25.8 Å². The third-order valence-corrected chi connectivity index (χ3v) is 5.21. The minimum atomic E-state index is -3.83. The number of benzene rings is 1. The van der Waals surface area contributed by atoms with Gasteiger partial charge in [0.1, 0.15) is 0 Å². The maximum atomic E-state index is 12.2. The van der Waals surface area contributed by atoms with Crippen molar-refractivity contribution in [3.63, 3.8) is 0 Å². The number of hydrogen-bond acceptors (Lipinski definition) is 7. The number of sulfone groups is 1. The van der Waals surface area contributed by atoms with Crippen molar-refractivity contribution >= 4 is 31.5 Å². The first-order valence-corrected chi connectivity index (χ1v) is 10.3. The standard InChI is InChI=1S/C12H14ClN3O5S2/c1-22(17,18)14-7-6-11-15-16-12(21-11)23(19,20)8-9-4-2-3-5-10(9)13/h2-5,14H,6-8H2,1H3. The third kappa shape index (κ3) is 5.27. The van der Waals surface area contributed by atoms with E-state index in [0.717, 1.165) is 6.26 Å². The van der Waals surface area contributed by atoms with Crippen molar-refractivity contribution in [2.45, 2.75) is 17.4 Å². The number of halogens is 1. The van der Waals surface area contributed by atoms with E-state index in [1.807, 2.05) is 0 Å². The highest BCUT2D eigenvalue weighted by Gasteiger charge is 2.24. The highest BCUT2D eigenvalue weighted by atomic mass is 35.5. The molecule has 8 nitrogen and oxygen atoms in total. The fraction of sp³-hybridized carbons (Fsp3) is 0.333. The SMILES string of the molecule is CS(=O)(=O)NCCc1nnc(S(=O)(=O)Cc2ccccc2Cl)o1. The van der Waals surface area contributed by atoms with Gasteiger partial charge in [-0.15, -0.1) is 5.10 Å². The fourth-order valence-electron chi connectivity index (χ4n) is 1.69. The monoisotopic (exact) mass is 379 g/mol. The molecular formula is C12H14ClN3O5S2. The molecule has 1 aromatic carbocycles. The van der Waals surface area contributed by atoms with Crippen LogP contribution in [0.2, 0.25) is 5.02 Å². The summed E-state index contributed by atoms with van der Waals surface area (Å²) in [4.78, 5) is 0. The van der Waals surface area contributed by atoms with Crippen molar-refractivity contribution in [1.29, 1.82) is 0 Å². The number of sulfonamides is 1. The zero-order valence-corrected chi connectivity index (χ0v) is 14.4. The average molecular weight is 380 g/mol. The molecule has 0 saturated carbocycles. The second-order valence-corrected chi connectivity index (χ2v) is 8.84. The first kappa shape index (κ1) is 17.9. The Morgan fingerprint density at radius 3 is 2.52 bits per heavy atom. The largest absolute Gasteiger partial charge is 0.412 e. The predicted octanol–water partition coefficient (Wildman–Crippen LogP) is 0.789. The molecule has 0 saturated heterocycles. The van der Waals surface area contributed by atoms with Gasteiger partial charge in [0.25, 0.3) is 0 Å². The summed E-state index contributed by atoms with van der Waals surface area (Å²) in [6, 6.07) is 6.54. The van der Waals surface area contributed by atoms with E-state index in [1.165, 1.54) is 0 Å². The second-order valence-electron chi connectivity index (χ2n) is 4.73. The van der Waals surface area contributed by atoms with E-state index in [4.69, 9.17) is 16.0 Å². The summed E-state index contributed by atoms with van der Waals surface area (Å²) in [6.45, 7) is 0.0328. The summed E-state index contributed by atoms with van der Waals surface area (Å²) in [5.41, 5.74) is 0.424. The molecule has 0 radical (unpaired) electrons. The Bertz CT molecular complexity index is 893. The van der Waals surface area contributed by atoms with Crippen LogP contribution in [0.4, 0.5) is 0 Å². The van der Waals surface area contributed by atoms with Crippen molar-refractivity contribution in [1.82, 2.24) is 14.9 Å². The van der Waals surface area contributed by atoms with E-state index < -0.39 is 25.1 Å². The van der Waals surface area contributed by atoms with Crippen LogP contribution in [-0.2, 0) is 32.0 Å². The van der Waals surface area contributed by atoms with Crippen molar-refractivity contribution in [3.05, 3.63) is 40.7 Å². The lowest BCUT2D eigenvalue weighted by Crippen LogP contribution is -2.24. The van der Waals surface area contributed by atoms with Crippen molar-refractivity contribution in [2.75, 3.05) is 12.8 Å². The van der Waals surface area contributed by atoms with Crippen LogP contribution in [0.1, 0.15) is 11.5 Å². The minimum absolute atomic E-state index is 0.0267. The van der Waals surface area contributed by atoms with Crippen LogP contribution in [0.3, 0.4) is 0 Å². The molecule has 0 spiro atoms. The zero-order valence-electron chi connectivity index (χ0n) is 12.1. The number of nitrogens with one attached hydrogen (secondary N) is 1.